The van der Waals surface area contributed by atoms with E-state index < -0.39 is 0 Å². The fraction of sp³-hybridized carbons (Fsp3) is 0.143. The number of hydrogen-bond acceptors (Lipinski definition) is 3. The van der Waals surface area contributed by atoms with E-state index in [-0.39, 0.29) is 5.82 Å². The Morgan fingerprint density at radius 3 is 2.67 bits per heavy atom. The van der Waals surface area contributed by atoms with Crippen LogP contribution in [0, 0.1) is 12.7 Å². The standard InChI is InChI=1S/C14H15FN2O/c1-9-6-7-10(15)8-12(9)17-11-4-3-5-13(18-2)14(11)16/h3-8,17H,16H2,1-2H3. The molecule has 3 N–H and O–H groups in total. The summed E-state index contributed by atoms with van der Waals surface area (Å²) in [5.74, 6) is 0.304. The lowest BCUT2D eigenvalue weighted by atomic mass is 10.1. The van der Waals surface area contributed by atoms with Gasteiger partial charge in [0.25, 0.3) is 0 Å². The number of rotatable bonds is 3. The van der Waals surface area contributed by atoms with E-state index in [0.29, 0.717) is 22.8 Å². The summed E-state index contributed by atoms with van der Waals surface area (Å²) in [6.45, 7) is 1.90. The second-order valence-corrected chi connectivity index (χ2v) is 4.01. The number of anilines is 3. The molecule has 4 heteroatoms. The number of nitrogens with one attached hydrogen (secondary N) is 1. The van der Waals surface area contributed by atoms with Gasteiger partial charge in [-0.1, -0.05) is 12.1 Å². The maximum absolute atomic E-state index is 13.2. The molecule has 0 atom stereocenters. The molecular weight excluding hydrogens is 231 g/mol. The summed E-state index contributed by atoms with van der Waals surface area (Å²) in [7, 11) is 1.56. The Hall–Kier alpha value is -2.23. The van der Waals surface area contributed by atoms with Crippen molar-refractivity contribution in [1.82, 2.24) is 0 Å². The number of ether oxygens (including phenoxy) is 1. The lowest BCUT2D eigenvalue weighted by molar-refractivity contribution is 0.417. The zero-order valence-electron chi connectivity index (χ0n) is 10.3. The zero-order chi connectivity index (χ0) is 13.1. The summed E-state index contributed by atoms with van der Waals surface area (Å²) < 4.78 is 18.3. The lowest BCUT2D eigenvalue weighted by Crippen LogP contribution is -2.00. The van der Waals surface area contributed by atoms with Gasteiger partial charge in [-0.3, -0.25) is 0 Å². The van der Waals surface area contributed by atoms with Crippen LogP contribution >= 0.6 is 0 Å². The van der Waals surface area contributed by atoms with E-state index in [0.717, 1.165) is 5.56 Å². The van der Waals surface area contributed by atoms with Crippen LogP contribution in [0.4, 0.5) is 21.5 Å². The molecule has 0 fully saturated rings. The number of hydrogen-bond donors (Lipinski definition) is 2. The van der Waals surface area contributed by atoms with Crippen molar-refractivity contribution < 1.29 is 9.13 Å². The SMILES string of the molecule is COc1cccc(Nc2cc(F)ccc2C)c1N. The van der Waals surface area contributed by atoms with Crippen LogP contribution in [0.5, 0.6) is 5.75 Å². The van der Waals surface area contributed by atoms with Crippen molar-refractivity contribution in [3.63, 3.8) is 0 Å². The highest BCUT2D eigenvalue weighted by atomic mass is 19.1. The van der Waals surface area contributed by atoms with Gasteiger partial charge in [0.15, 0.2) is 0 Å². The van der Waals surface area contributed by atoms with Crippen LogP contribution in [0.25, 0.3) is 0 Å². The van der Waals surface area contributed by atoms with Crippen molar-refractivity contribution in [3.8, 4) is 5.75 Å². The maximum Gasteiger partial charge on any atom is 0.143 e. The maximum atomic E-state index is 13.2. The Labute approximate surface area is 105 Å². The number of nitrogen functional groups attached to an aromatic ring is 1. The average molecular weight is 246 g/mol. The van der Waals surface area contributed by atoms with E-state index in [4.69, 9.17) is 10.5 Å². The van der Waals surface area contributed by atoms with Gasteiger partial charge < -0.3 is 15.8 Å². The van der Waals surface area contributed by atoms with E-state index in [1.54, 1.807) is 19.2 Å². The summed E-state index contributed by atoms with van der Waals surface area (Å²) in [5, 5.41) is 3.11. The van der Waals surface area contributed by atoms with Gasteiger partial charge in [-0.05, 0) is 36.8 Å². The van der Waals surface area contributed by atoms with Crippen LogP contribution in [0.3, 0.4) is 0 Å². The molecule has 3 nitrogen and oxygen atoms in total. The molecule has 0 heterocycles. The molecule has 0 saturated carbocycles. The summed E-state index contributed by atoms with van der Waals surface area (Å²) in [4.78, 5) is 0. The Morgan fingerprint density at radius 1 is 1.17 bits per heavy atom. The molecule has 0 spiro atoms. The Morgan fingerprint density at radius 2 is 1.94 bits per heavy atom. The van der Waals surface area contributed by atoms with Gasteiger partial charge in [0.2, 0.25) is 0 Å². The lowest BCUT2D eigenvalue weighted by Gasteiger charge is -2.13. The van der Waals surface area contributed by atoms with Crippen LogP contribution in [0.1, 0.15) is 5.56 Å². The fourth-order valence-electron chi connectivity index (χ4n) is 1.70. The molecule has 2 rings (SSSR count). The number of benzene rings is 2. The minimum atomic E-state index is -0.287. The normalized spacial score (nSPS) is 10.2. The molecule has 0 bridgehead atoms. The van der Waals surface area contributed by atoms with Gasteiger partial charge in [0.1, 0.15) is 11.6 Å². The number of halogens is 1. The third kappa shape index (κ3) is 2.37. The minimum Gasteiger partial charge on any atom is -0.495 e. The highest BCUT2D eigenvalue weighted by Crippen LogP contribution is 2.32. The summed E-state index contributed by atoms with van der Waals surface area (Å²) in [6.07, 6.45) is 0. The largest absolute Gasteiger partial charge is 0.495 e. The topological polar surface area (TPSA) is 47.3 Å². The van der Waals surface area contributed by atoms with Crippen LogP contribution in [0.15, 0.2) is 36.4 Å². The second kappa shape index (κ2) is 4.96. The molecule has 0 amide bonds. The van der Waals surface area contributed by atoms with Gasteiger partial charge in [-0.25, -0.2) is 4.39 Å². The van der Waals surface area contributed by atoms with Crippen LogP contribution in [-0.4, -0.2) is 7.11 Å². The zero-order valence-corrected chi connectivity index (χ0v) is 10.3. The van der Waals surface area contributed by atoms with Gasteiger partial charge in [-0.15, -0.1) is 0 Å². The predicted molar refractivity (Wildman–Crippen MR) is 71.8 cm³/mol. The van der Waals surface area contributed by atoms with Crippen molar-refractivity contribution in [1.29, 1.82) is 0 Å². The molecule has 0 radical (unpaired) electrons. The fourth-order valence-corrected chi connectivity index (χ4v) is 1.70. The third-order valence-corrected chi connectivity index (χ3v) is 2.75. The highest BCUT2D eigenvalue weighted by molar-refractivity contribution is 5.78. The van der Waals surface area contributed by atoms with Gasteiger partial charge >= 0.3 is 0 Å². The molecule has 0 aromatic heterocycles. The first-order valence-corrected chi connectivity index (χ1v) is 5.57. The van der Waals surface area contributed by atoms with Crippen molar-refractivity contribution in [3.05, 3.63) is 47.8 Å². The molecule has 2 aromatic carbocycles. The van der Waals surface area contributed by atoms with Crippen molar-refractivity contribution in [2.75, 3.05) is 18.2 Å². The molecule has 18 heavy (non-hydrogen) atoms. The third-order valence-electron chi connectivity index (χ3n) is 2.75. The molecule has 0 aliphatic rings. The number of methoxy groups -OCH3 is 1. The van der Waals surface area contributed by atoms with E-state index >= 15 is 0 Å². The Bertz CT molecular complexity index is 570. The average Bonchev–Trinajstić information content (AvgIpc) is 2.36. The molecule has 0 aliphatic heterocycles. The van der Waals surface area contributed by atoms with Crippen molar-refractivity contribution in [2.24, 2.45) is 0 Å². The monoisotopic (exact) mass is 246 g/mol. The molecule has 0 aliphatic carbocycles. The van der Waals surface area contributed by atoms with Gasteiger partial charge in [0, 0.05) is 5.69 Å². The van der Waals surface area contributed by atoms with Gasteiger partial charge in [0.05, 0.1) is 18.5 Å². The second-order valence-electron chi connectivity index (χ2n) is 4.01. The Balaban J connectivity index is 2.37. The first kappa shape index (κ1) is 12.2. The number of para-hydroxylation sites is 1. The summed E-state index contributed by atoms with van der Waals surface area (Å²) in [6, 6.07) is 10.0. The molecule has 94 valence electrons. The predicted octanol–water partition coefficient (Wildman–Crippen LogP) is 3.47. The van der Waals surface area contributed by atoms with E-state index in [2.05, 4.69) is 5.32 Å². The molecule has 0 unspecified atom stereocenters. The smallest absolute Gasteiger partial charge is 0.143 e. The summed E-state index contributed by atoms with van der Waals surface area (Å²) >= 11 is 0. The van der Waals surface area contributed by atoms with Crippen molar-refractivity contribution in [2.45, 2.75) is 6.92 Å². The quantitative estimate of drug-likeness (QED) is 0.815. The van der Waals surface area contributed by atoms with E-state index in [9.17, 15) is 4.39 Å². The minimum absolute atomic E-state index is 0.287. The first-order valence-electron chi connectivity index (χ1n) is 5.57. The molecular formula is C14H15FN2O. The van der Waals surface area contributed by atoms with Crippen molar-refractivity contribution >= 4 is 17.1 Å². The van der Waals surface area contributed by atoms with E-state index in [1.807, 2.05) is 19.1 Å². The highest BCUT2D eigenvalue weighted by Gasteiger charge is 2.07. The van der Waals surface area contributed by atoms with Gasteiger partial charge in [-0.2, -0.15) is 0 Å². The van der Waals surface area contributed by atoms with E-state index in [1.165, 1.54) is 12.1 Å². The van der Waals surface area contributed by atoms with Crippen LogP contribution in [0.2, 0.25) is 0 Å². The molecule has 2 aromatic rings. The molecule has 0 saturated heterocycles. The summed E-state index contributed by atoms with van der Waals surface area (Å²) in [5.41, 5.74) is 8.78. The number of aryl methyl sites for hydroxylation is 1. The first-order chi connectivity index (χ1) is 8.61. The van der Waals surface area contributed by atoms with Crippen LogP contribution < -0.4 is 15.8 Å². The number of nitrogens with two attached hydrogens (primary N) is 1. The Kier molecular flexibility index (Phi) is 3.37. The van der Waals surface area contributed by atoms with Crippen LogP contribution in [-0.2, 0) is 0 Å².